The van der Waals surface area contributed by atoms with Gasteiger partial charge in [-0.3, -0.25) is 4.79 Å². The van der Waals surface area contributed by atoms with Gasteiger partial charge in [0.05, 0.1) is 19.6 Å². The summed E-state index contributed by atoms with van der Waals surface area (Å²) in [7, 11) is 0. The predicted octanol–water partition coefficient (Wildman–Crippen LogP) is 1.97. The molecule has 0 spiro atoms. The summed E-state index contributed by atoms with van der Waals surface area (Å²) in [4.78, 5) is 23.5. The van der Waals surface area contributed by atoms with Crippen LogP contribution in [-0.2, 0) is 19.1 Å². The molecule has 0 atom stereocenters. The molecule has 114 valence electrons. The summed E-state index contributed by atoms with van der Waals surface area (Å²) in [5.41, 5.74) is 5.61. The van der Waals surface area contributed by atoms with Crippen molar-refractivity contribution in [2.75, 3.05) is 19.8 Å². The number of allylic oxidation sites excluding steroid dienone is 2. The molecule has 0 rings (SSSR count). The molecule has 0 fully saturated rings. The number of hydrogen-bond acceptors (Lipinski definition) is 5. The quantitative estimate of drug-likeness (QED) is 0.397. The van der Waals surface area contributed by atoms with Gasteiger partial charge < -0.3 is 15.2 Å². The van der Waals surface area contributed by atoms with Crippen LogP contribution in [0.4, 0.5) is 0 Å². The molecule has 2 N–H and O–H groups in total. The van der Waals surface area contributed by atoms with Gasteiger partial charge in [0.15, 0.2) is 0 Å². The molecule has 5 nitrogen and oxygen atoms in total. The van der Waals surface area contributed by atoms with E-state index in [2.05, 4.69) is 0 Å². The third kappa shape index (κ3) is 9.33. The molecular weight excluding hydrogens is 258 g/mol. The van der Waals surface area contributed by atoms with E-state index in [9.17, 15) is 9.59 Å². The number of carbonyl (C=O) groups is 2. The van der Waals surface area contributed by atoms with Gasteiger partial charge >= 0.3 is 11.9 Å². The Balaban J connectivity index is 4.63. The number of rotatable bonds is 9. The van der Waals surface area contributed by atoms with Crippen molar-refractivity contribution in [2.45, 2.75) is 33.6 Å². The van der Waals surface area contributed by atoms with Crippen molar-refractivity contribution in [2.24, 2.45) is 11.7 Å². The van der Waals surface area contributed by atoms with E-state index >= 15 is 0 Å². The van der Waals surface area contributed by atoms with Crippen molar-refractivity contribution in [3.8, 4) is 0 Å². The molecule has 0 unspecified atom stereocenters. The Bertz CT molecular complexity index is 359. The maximum absolute atomic E-state index is 11.9. The molecular formula is C15H25NO4. The molecule has 0 aromatic heterocycles. The van der Waals surface area contributed by atoms with Gasteiger partial charge in [-0.25, -0.2) is 4.79 Å². The van der Waals surface area contributed by atoms with Gasteiger partial charge in [0.25, 0.3) is 0 Å². The second-order valence-electron chi connectivity index (χ2n) is 4.75. The normalized spacial score (nSPS) is 11.9. The van der Waals surface area contributed by atoms with Crippen molar-refractivity contribution < 1.29 is 19.1 Å². The molecule has 0 heterocycles. The lowest BCUT2D eigenvalue weighted by Crippen LogP contribution is -2.16. The van der Waals surface area contributed by atoms with E-state index in [4.69, 9.17) is 15.2 Å². The lowest BCUT2D eigenvalue weighted by molar-refractivity contribution is -0.146. The van der Waals surface area contributed by atoms with E-state index in [1.54, 1.807) is 18.2 Å². The molecule has 0 aliphatic carbocycles. The van der Waals surface area contributed by atoms with E-state index in [1.165, 1.54) is 0 Å². The van der Waals surface area contributed by atoms with Crippen LogP contribution >= 0.6 is 0 Å². The van der Waals surface area contributed by atoms with Gasteiger partial charge in [0.1, 0.15) is 0 Å². The fourth-order valence-corrected chi connectivity index (χ4v) is 1.22. The molecule has 0 saturated carbocycles. The molecule has 0 amide bonds. The van der Waals surface area contributed by atoms with E-state index < -0.39 is 11.9 Å². The van der Waals surface area contributed by atoms with Crippen molar-refractivity contribution in [3.05, 3.63) is 23.8 Å². The van der Waals surface area contributed by atoms with Gasteiger partial charge in [-0.1, -0.05) is 39.0 Å². The van der Waals surface area contributed by atoms with Crippen molar-refractivity contribution in [1.82, 2.24) is 0 Å². The highest BCUT2D eigenvalue weighted by Crippen LogP contribution is 2.08. The third-order valence-electron chi connectivity index (χ3n) is 2.18. The minimum Gasteiger partial charge on any atom is -0.465 e. The smallest absolute Gasteiger partial charge is 0.334 e. The number of hydrogen-bond donors (Lipinski definition) is 1. The predicted molar refractivity (Wildman–Crippen MR) is 77.9 cm³/mol. The maximum Gasteiger partial charge on any atom is 0.334 e. The first kappa shape index (κ1) is 18.4. The SMILES string of the molecule is CCCOC(=O)C/C(=C\C=C/CN)C(=O)OCC(C)C. The van der Waals surface area contributed by atoms with Gasteiger partial charge in [0.2, 0.25) is 0 Å². The maximum atomic E-state index is 11.9. The van der Waals surface area contributed by atoms with Crippen LogP contribution in [0.3, 0.4) is 0 Å². The summed E-state index contributed by atoms with van der Waals surface area (Å²) < 4.78 is 10.1. The fraction of sp³-hybridized carbons (Fsp3) is 0.600. The van der Waals surface area contributed by atoms with Crippen LogP contribution in [0, 0.1) is 5.92 Å². The van der Waals surface area contributed by atoms with E-state index in [0.29, 0.717) is 19.8 Å². The van der Waals surface area contributed by atoms with Crippen molar-refractivity contribution >= 4 is 11.9 Å². The Labute approximate surface area is 120 Å². The van der Waals surface area contributed by atoms with Crippen LogP contribution < -0.4 is 5.73 Å². The Morgan fingerprint density at radius 2 is 1.95 bits per heavy atom. The molecule has 0 bridgehead atoms. The molecule has 0 radical (unpaired) electrons. The van der Waals surface area contributed by atoms with Crippen molar-refractivity contribution in [3.63, 3.8) is 0 Å². The minimum absolute atomic E-state index is 0.0914. The monoisotopic (exact) mass is 283 g/mol. The number of carbonyl (C=O) groups excluding carboxylic acids is 2. The van der Waals surface area contributed by atoms with Gasteiger partial charge in [-0.2, -0.15) is 0 Å². The molecule has 0 aliphatic heterocycles. The van der Waals surface area contributed by atoms with Gasteiger partial charge in [-0.15, -0.1) is 0 Å². The van der Waals surface area contributed by atoms with Crippen molar-refractivity contribution in [1.29, 1.82) is 0 Å². The number of esters is 2. The fourth-order valence-electron chi connectivity index (χ4n) is 1.22. The van der Waals surface area contributed by atoms with Crippen LogP contribution in [0.15, 0.2) is 23.8 Å². The average molecular weight is 283 g/mol. The Morgan fingerprint density at radius 3 is 2.50 bits per heavy atom. The molecule has 0 aliphatic rings. The highest BCUT2D eigenvalue weighted by atomic mass is 16.5. The van der Waals surface area contributed by atoms with Crippen LogP contribution in [0.25, 0.3) is 0 Å². The van der Waals surface area contributed by atoms with Crippen LogP contribution in [-0.4, -0.2) is 31.7 Å². The van der Waals surface area contributed by atoms with Crippen LogP contribution in [0.2, 0.25) is 0 Å². The Kier molecular flexibility index (Phi) is 10.3. The molecule has 5 heteroatoms. The molecule has 0 aromatic rings. The zero-order valence-corrected chi connectivity index (χ0v) is 12.6. The van der Waals surface area contributed by atoms with E-state index in [-0.39, 0.29) is 17.9 Å². The average Bonchev–Trinajstić information content (AvgIpc) is 2.41. The molecule has 20 heavy (non-hydrogen) atoms. The summed E-state index contributed by atoms with van der Waals surface area (Å²) in [5, 5.41) is 0. The van der Waals surface area contributed by atoms with E-state index in [1.807, 2.05) is 20.8 Å². The highest BCUT2D eigenvalue weighted by Gasteiger charge is 2.16. The summed E-state index contributed by atoms with van der Waals surface area (Å²) in [6.45, 7) is 6.84. The lowest BCUT2D eigenvalue weighted by Gasteiger charge is -2.09. The third-order valence-corrected chi connectivity index (χ3v) is 2.18. The van der Waals surface area contributed by atoms with Gasteiger partial charge in [-0.05, 0) is 12.3 Å². The zero-order chi connectivity index (χ0) is 15.4. The second-order valence-corrected chi connectivity index (χ2v) is 4.75. The lowest BCUT2D eigenvalue weighted by atomic mass is 10.1. The topological polar surface area (TPSA) is 78.6 Å². The van der Waals surface area contributed by atoms with Gasteiger partial charge in [0, 0.05) is 12.1 Å². The summed E-state index contributed by atoms with van der Waals surface area (Å²) in [6, 6.07) is 0. The van der Waals surface area contributed by atoms with E-state index in [0.717, 1.165) is 6.42 Å². The molecule has 0 aromatic carbocycles. The first-order valence-corrected chi connectivity index (χ1v) is 6.89. The Hall–Kier alpha value is -1.62. The molecule has 0 saturated heterocycles. The standard InChI is InChI=1S/C15H25NO4/c1-4-9-19-14(17)10-13(7-5-6-8-16)15(18)20-11-12(2)3/h5-7,12H,4,8-11,16H2,1-3H3/b6-5-,13-7+. The number of ether oxygens (including phenoxy) is 2. The summed E-state index contributed by atoms with van der Waals surface area (Å²) >= 11 is 0. The van der Waals surface area contributed by atoms with Crippen LogP contribution in [0.5, 0.6) is 0 Å². The summed E-state index contributed by atoms with van der Waals surface area (Å²) in [5.74, 6) is -0.679. The highest BCUT2D eigenvalue weighted by molar-refractivity contribution is 5.94. The minimum atomic E-state index is -0.492. The first-order valence-electron chi connectivity index (χ1n) is 6.89. The van der Waals surface area contributed by atoms with Crippen LogP contribution in [0.1, 0.15) is 33.6 Å². The largest absolute Gasteiger partial charge is 0.465 e. The number of nitrogens with two attached hydrogens (primary N) is 1. The zero-order valence-electron chi connectivity index (χ0n) is 12.6. The second kappa shape index (κ2) is 11.2. The Morgan fingerprint density at radius 1 is 1.25 bits per heavy atom. The summed E-state index contributed by atoms with van der Waals surface area (Å²) in [6.07, 6.45) is 5.52. The first-order chi connectivity index (χ1) is 9.51.